The van der Waals surface area contributed by atoms with Crippen molar-refractivity contribution in [3.63, 3.8) is 0 Å². The number of hydrogen-bond acceptors (Lipinski definition) is 4. The number of fused-ring (bicyclic) bond motifs is 2. The Labute approximate surface area is 197 Å². The number of carbonyl (C=O) groups excluding carboxylic acids is 1. The predicted molar refractivity (Wildman–Crippen MR) is 118 cm³/mol. The molecule has 0 saturated heterocycles. The highest BCUT2D eigenvalue weighted by atomic mass is 19.4. The number of ether oxygens (including phenoxy) is 1. The van der Waals surface area contributed by atoms with E-state index in [0.717, 1.165) is 11.8 Å². The summed E-state index contributed by atoms with van der Waals surface area (Å²) in [7, 11) is 0. The van der Waals surface area contributed by atoms with Gasteiger partial charge in [-0.1, -0.05) is 31.2 Å². The maximum Gasteiger partial charge on any atom is 0.573 e. The van der Waals surface area contributed by atoms with Crippen LogP contribution in [0.3, 0.4) is 0 Å². The Bertz CT molecular complexity index is 1360. The van der Waals surface area contributed by atoms with Gasteiger partial charge in [-0.3, -0.25) is 14.3 Å². The summed E-state index contributed by atoms with van der Waals surface area (Å²) in [4.78, 5) is 24.7. The van der Waals surface area contributed by atoms with Crippen LogP contribution in [0.5, 0.6) is 5.75 Å². The van der Waals surface area contributed by atoms with E-state index in [1.54, 1.807) is 23.0 Å². The predicted octanol–water partition coefficient (Wildman–Crippen LogP) is 4.21. The molecule has 1 aromatic heterocycles. The SMILES string of the molecule is C[C@@]1(CC(=O)O)CC2C3[C@@H]1C23NC(=O)c1cccc2cnn(Cc3ccc(OC(F)(F)F)cc3)c12. The third kappa shape index (κ3) is 3.37. The van der Waals surface area contributed by atoms with E-state index in [1.165, 1.54) is 24.3 Å². The number of nitrogens with one attached hydrogen (secondary N) is 1. The molecular formula is C25H22F3N3O4. The smallest absolute Gasteiger partial charge is 0.481 e. The van der Waals surface area contributed by atoms with Gasteiger partial charge in [0.1, 0.15) is 5.75 Å². The zero-order chi connectivity index (χ0) is 24.8. The van der Waals surface area contributed by atoms with Crippen molar-refractivity contribution in [1.29, 1.82) is 0 Å². The highest BCUT2D eigenvalue weighted by molar-refractivity contribution is 6.06. The number of carboxylic acids is 1. The van der Waals surface area contributed by atoms with Gasteiger partial charge in [0, 0.05) is 5.39 Å². The normalized spacial score (nSPS) is 30.1. The van der Waals surface area contributed by atoms with Crippen LogP contribution in [-0.4, -0.2) is 38.7 Å². The number of nitrogens with zero attached hydrogens (tertiary/aromatic N) is 2. The van der Waals surface area contributed by atoms with Gasteiger partial charge in [-0.2, -0.15) is 5.10 Å². The monoisotopic (exact) mass is 485 g/mol. The van der Waals surface area contributed by atoms with Gasteiger partial charge in [0.15, 0.2) is 0 Å². The first-order chi connectivity index (χ1) is 16.5. The molecule has 4 saturated carbocycles. The van der Waals surface area contributed by atoms with Crippen molar-refractivity contribution in [2.45, 2.75) is 38.2 Å². The summed E-state index contributed by atoms with van der Waals surface area (Å²) in [6.45, 7) is 2.26. The third-order valence-corrected chi connectivity index (χ3v) is 7.97. The standard InChI is InChI=1S/C25H22F3N3O4/c1-23(10-18(32)33)9-17-19-21(23)24(17,19)30-22(34)16-4-2-3-14-11-29-31(20(14)16)12-13-5-7-15(8-6-13)35-25(26,27)28/h2-8,11,17,19,21H,9-10,12H2,1H3,(H,30,34)(H,32,33)/t17?,19?,21-,23-,24?/m0/s1. The van der Waals surface area contributed by atoms with E-state index in [9.17, 15) is 27.9 Å². The van der Waals surface area contributed by atoms with Crippen LogP contribution in [-0.2, 0) is 11.3 Å². The number of aromatic nitrogens is 2. The lowest BCUT2D eigenvalue weighted by atomic mass is 9.83. The fourth-order valence-corrected chi connectivity index (χ4v) is 6.69. The van der Waals surface area contributed by atoms with Crippen molar-refractivity contribution in [1.82, 2.24) is 15.1 Å². The number of para-hydroxylation sites is 1. The maximum absolute atomic E-state index is 13.4. The first kappa shape index (κ1) is 21.9. The molecule has 1 heterocycles. The topological polar surface area (TPSA) is 93.5 Å². The van der Waals surface area contributed by atoms with Gasteiger partial charge in [0.25, 0.3) is 5.91 Å². The van der Waals surface area contributed by atoms with Crippen LogP contribution in [0.2, 0.25) is 0 Å². The quantitative estimate of drug-likeness (QED) is 0.523. The van der Waals surface area contributed by atoms with Crippen LogP contribution < -0.4 is 10.1 Å². The molecule has 2 N–H and O–H groups in total. The van der Waals surface area contributed by atoms with Gasteiger partial charge in [0.2, 0.25) is 0 Å². The van der Waals surface area contributed by atoms with E-state index < -0.39 is 12.3 Å². The Morgan fingerprint density at radius 3 is 2.63 bits per heavy atom. The van der Waals surface area contributed by atoms with Gasteiger partial charge in [-0.15, -0.1) is 13.2 Å². The van der Waals surface area contributed by atoms with E-state index in [4.69, 9.17) is 0 Å². The second kappa shape index (κ2) is 6.99. The summed E-state index contributed by atoms with van der Waals surface area (Å²) in [5.74, 6) is -0.450. The Morgan fingerprint density at radius 2 is 1.97 bits per heavy atom. The Kier molecular flexibility index (Phi) is 4.38. The summed E-state index contributed by atoms with van der Waals surface area (Å²) in [5, 5.41) is 17.7. The fraction of sp³-hybridized carbons (Fsp3) is 0.400. The van der Waals surface area contributed by atoms with Crippen LogP contribution in [0.25, 0.3) is 10.9 Å². The average molecular weight is 485 g/mol. The van der Waals surface area contributed by atoms with E-state index in [2.05, 4.69) is 15.2 Å². The highest BCUT2D eigenvalue weighted by Gasteiger charge is 2.95. The molecule has 4 aliphatic rings. The number of aliphatic carboxylic acids is 1. The zero-order valence-electron chi connectivity index (χ0n) is 18.7. The van der Waals surface area contributed by atoms with E-state index in [-0.39, 0.29) is 41.5 Å². The molecule has 0 spiro atoms. The summed E-state index contributed by atoms with van der Waals surface area (Å²) < 4.78 is 42.8. The van der Waals surface area contributed by atoms with Crippen molar-refractivity contribution in [2.24, 2.45) is 23.2 Å². The Balaban J connectivity index is 1.22. The first-order valence-corrected chi connectivity index (χ1v) is 11.4. The van der Waals surface area contributed by atoms with Gasteiger partial charge in [0.05, 0.1) is 35.8 Å². The molecule has 0 aliphatic heterocycles. The largest absolute Gasteiger partial charge is 0.573 e. The number of halogens is 3. The lowest BCUT2D eigenvalue weighted by Gasteiger charge is -2.22. The first-order valence-electron chi connectivity index (χ1n) is 11.4. The van der Waals surface area contributed by atoms with Crippen molar-refractivity contribution in [3.05, 3.63) is 59.8 Å². The third-order valence-electron chi connectivity index (χ3n) is 7.97. The minimum absolute atomic E-state index is 0.109. The molecule has 3 unspecified atom stereocenters. The molecule has 182 valence electrons. The number of rotatable bonds is 7. The number of carbonyl (C=O) groups is 2. The van der Waals surface area contributed by atoms with Crippen molar-refractivity contribution in [2.75, 3.05) is 0 Å². The van der Waals surface area contributed by atoms with Gasteiger partial charge in [-0.05, 0) is 53.4 Å². The van der Waals surface area contributed by atoms with E-state index in [1.807, 2.05) is 13.0 Å². The molecule has 35 heavy (non-hydrogen) atoms. The number of alkyl halides is 3. The van der Waals surface area contributed by atoms with E-state index >= 15 is 0 Å². The van der Waals surface area contributed by atoms with Crippen LogP contribution in [0.4, 0.5) is 13.2 Å². The molecular weight excluding hydrogens is 463 g/mol. The highest BCUT2D eigenvalue weighted by Crippen LogP contribution is 2.90. The molecule has 3 aromatic rings. The van der Waals surface area contributed by atoms with Gasteiger partial charge in [-0.25, -0.2) is 0 Å². The average Bonchev–Trinajstić information content (AvgIpc) is 3.38. The minimum atomic E-state index is -4.76. The summed E-state index contributed by atoms with van der Waals surface area (Å²) in [6.07, 6.45) is -2.19. The van der Waals surface area contributed by atoms with Gasteiger partial charge < -0.3 is 15.2 Å². The molecule has 5 atom stereocenters. The Hall–Kier alpha value is -3.56. The summed E-state index contributed by atoms with van der Waals surface area (Å²) >= 11 is 0. The van der Waals surface area contributed by atoms with Crippen molar-refractivity contribution >= 4 is 22.8 Å². The second-order valence-electron chi connectivity index (χ2n) is 10.2. The second-order valence-corrected chi connectivity index (χ2v) is 10.2. The van der Waals surface area contributed by atoms with Crippen LogP contribution in [0.15, 0.2) is 48.7 Å². The van der Waals surface area contributed by atoms with Gasteiger partial charge >= 0.3 is 12.3 Å². The molecule has 10 heteroatoms. The molecule has 2 aromatic carbocycles. The molecule has 7 nitrogen and oxygen atoms in total. The molecule has 4 aliphatic carbocycles. The number of carboxylic acid groups (broad SMARTS) is 1. The molecule has 2 bridgehead atoms. The van der Waals surface area contributed by atoms with E-state index in [0.29, 0.717) is 28.5 Å². The summed E-state index contributed by atoms with van der Waals surface area (Å²) in [6, 6.07) is 10.9. The Morgan fingerprint density at radius 1 is 1.23 bits per heavy atom. The number of hydrogen-bond donors (Lipinski definition) is 2. The van der Waals surface area contributed by atoms with Crippen LogP contribution >= 0.6 is 0 Å². The fourth-order valence-electron chi connectivity index (χ4n) is 6.69. The van der Waals surface area contributed by atoms with Crippen molar-refractivity contribution in [3.8, 4) is 5.75 Å². The van der Waals surface area contributed by atoms with Crippen LogP contribution in [0, 0.1) is 23.2 Å². The van der Waals surface area contributed by atoms with Crippen molar-refractivity contribution < 1.29 is 32.6 Å². The lowest BCUT2D eigenvalue weighted by molar-refractivity contribution is -0.274. The molecule has 0 radical (unpaired) electrons. The molecule has 4 fully saturated rings. The minimum Gasteiger partial charge on any atom is -0.481 e. The molecule has 7 rings (SSSR count). The summed E-state index contributed by atoms with van der Waals surface area (Å²) in [5.41, 5.74) is 1.22. The zero-order valence-corrected chi connectivity index (χ0v) is 18.7. The number of benzene rings is 2. The maximum atomic E-state index is 13.4. The molecule has 1 amide bonds. The number of amides is 1. The van der Waals surface area contributed by atoms with Crippen LogP contribution in [0.1, 0.15) is 35.7 Å². The lowest BCUT2D eigenvalue weighted by Crippen LogP contribution is -2.36.